The lowest BCUT2D eigenvalue weighted by atomic mass is 10.2. The molecule has 2 rings (SSSR count). The van der Waals surface area contributed by atoms with Gasteiger partial charge in [-0.1, -0.05) is 25.2 Å². The summed E-state index contributed by atoms with van der Waals surface area (Å²) < 4.78 is 0. The second-order valence-electron chi connectivity index (χ2n) is 4.99. The molecule has 2 aromatic heterocycles. The number of carbonyl (C=O) groups is 1. The number of nitrogens with zero attached hydrogens (tertiary/aromatic N) is 2. The Labute approximate surface area is 131 Å². The Bertz CT molecular complexity index is 579. The molecule has 0 aliphatic heterocycles. The molecular weight excluding hydrogens is 306 g/mol. The van der Waals surface area contributed by atoms with Crippen LogP contribution in [0.25, 0.3) is 0 Å². The van der Waals surface area contributed by atoms with Crippen molar-refractivity contribution in [1.29, 1.82) is 0 Å². The molecule has 4 N–H and O–H groups in total. The lowest BCUT2D eigenvalue weighted by molar-refractivity contribution is 0.0959. The van der Waals surface area contributed by atoms with Crippen LogP contribution in [0.15, 0.2) is 10.9 Å². The number of anilines is 2. The Morgan fingerprint density at radius 3 is 2.95 bits per heavy atom. The van der Waals surface area contributed by atoms with Crippen LogP contribution < -0.4 is 16.4 Å². The molecule has 0 fully saturated rings. The number of thiazole rings is 2. The number of hydrogen-bond donors (Lipinski definition) is 3. The van der Waals surface area contributed by atoms with Crippen LogP contribution in [0.4, 0.5) is 10.9 Å². The molecule has 0 saturated carbocycles. The summed E-state index contributed by atoms with van der Waals surface area (Å²) in [6.07, 6.45) is 0.715. The molecule has 0 unspecified atom stereocenters. The Kier molecular flexibility index (Phi) is 5.51. The topological polar surface area (TPSA) is 92.9 Å². The predicted octanol–water partition coefficient (Wildman–Crippen LogP) is 2.22. The van der Waals surface area contributed by atoms with E-state index in [9.17, 15) is 4.79 Å². The van der Waals surface area contributed by atoms with Crippen LogP contribution in [0, 0.1) is 5.92 Å². The molecule has 114 valence electrons. The lowest BCUT2D eigenvalue weighted by Gasteiger charge is -2.04. The summed E-state index contributed by atoms with van der Waals surface area (Å²) in [5.74, 6) is 0.598. The summed E-state index contributed by atoms with van der Waals surface area (Å²) in [4.78, 5) is 20.9. The zero-order valence-electron chi connectivity index (χ0n) is 12.0. The Balaban J connectivity index is 1.86. The van der Waals surface area contributed by atoms with Crippen molar-refractivity contribution in [2.24, 2.45) is 5.92 Å². The Morgan fingerprint density at radius 1 is 1.48 bits per heavy atom. The van der Waals surface area contributed by atoms with Crippen molar-refractivity contribution in [1.82, 2.24) is 15.3 Å². The molecule has 6 nitrogen and oxygen atoms in total. The maximum Gasteiger partial charge on any atom is 0.265 e. The van der Waals surface area contributed by atoms with E-state index in [2.05, 4.69) is 34.4 Å². The van der Waals surface area contributed by atoms with Gasteiger partial charge >= 0.3 is 0 Å². The van der Waals surface area contributed by atoms with Crippen LogP contribution in [-0.2, 0) is 6.42 Å². The van der Waals surface area contributed by atoms with Crippen molar-refractivity contribution in [3.8, 4) is 0 Å². The average molecular weight is 325 g/mol. The first-order chi connectivity index (χ1) is 10.1. The third-order valence-corrected chi connectivity index (χ3v) is 4.33. The third kappa shape index (κ3) is 4.68. The summed E-state index contributed by atoms with van der Waals surface area (Å²) in [5.41, 5.74) is 8.57. The minimum Gasteiger partial charge on any atom is -0.382 e. The van der Waals surface area contributed by atoms with Gasteiger partial charge in [0.05, 0.1) is 11.2 Å². The molecule has 0 aliphatic rings. The average Bonchev–Trinajstić information content (AvgIpc) is 3.06. The lowest BCUT2D eigenvalue weighted by Crippen LogP contribution is -2.25. The number of aromatic nitrogens is 2. The van der Waals surface area contributed by atoms with Gasteiger partial charge in [-0.2, -0.15) is 0 Å². The fourth-order valence-electron chi connectivity index (χ4n) is 1.61. The molecule has 0 aromatic carbocycles. The zero-order chi connectivity index (χ0) is 15.2. The standard InChI is InChI=1S/C13H19N5OS2/c1-8(2)5-16-13-18-11(14)10(21-13)12(19)15-4-3-9-6-20-7-17-9/h6-8H,3-5,14H2,1-2H3,(H,15,19)(H,16,18). The molecule has 0 aliphatic carbocycles. The van der Waals surface area contributed by atoms with Gasteiger partial charge in [-0.25, -0.2) is 9.97 Å². The highest BCUT2D eigenvalue weighted by molar-refractivity contribution is 7.18. The first-order valence-electron chi connectivity index (χ1n) is 6.71. The normalized spacial score (nSPS) is 10.8. The largest absolute Gasteiger partial charge is 0.382 e. The van der Waals surface area contributed by atoms with Crippen LogP contribution >= 0.6 is 22.7 Å². The molecule has 0 saturated heterocycles. The van der Waals surface area contributed by atoms with Crippen molar-refractivity contribution in [3.05, 3.63) is 21.5 Å². The van der Waals surface area contributed by atoms with Gasteiger partial charge in [-0.15, -0.1) is 11.3 Å². The zero-order valence-corrected chi connectivity index (χ0v) is 13.7. The monoisotopic (exact) mass is 325 g/mol. The smallest absolute Gasteiger partial charge is 0.265 e. The number of nitrogens with two attached hydrogens (primary N) is 1. The highest BCUT2D eigenvalue weighted by Gasteiger charge is 2.15. The molecule has 0 bridgehead atoms. The van der Waals surface area contributed by atoms with Crippen LogP contribution in [0.2, 0.25) is 0 Å². The van der Waals surface area contributed by atoms with E-state index in [-0.39, 0.29) is 11.7 Å². The number of hydrogen-bond acceptors (Lipinski definition) is 7. The van der Waals surface area contributed by atoms with Gasteiger partial charge in [0.2, 0.25) is 0 Å². The van der Waals surface area contributed by atoms with E-state index in [1.807, 2.05) is 5.38 Å². The van der Waals surface area contributed by atoms with Gasteiger partial charge in [0.1, 0.15) is 10.7 Å². The Morgan fingerprint density at radius 2 is 2.29 bits per heavy atom. The molecule has 0 spiro atoms. The molecule has 21 heavy (non-hydrogen) atoms. The van der Waals surface area contributed by atoms with Crippen molar-refractivity contribution in [2.45, 2.75) is 20.3 Å². The predicted molar refractivity (Wildman–Crippen MR) is 88.0 cm³/mol. The second kappa shape index (κ2) is 7.37. The van der Waals surface area contributed by atoms with Crippen LogP contribution in [0.5, 0.6) is 0 Å². The summed E-state index contributed by atoms with van der Waals surface area (Å²) in [6, 6.07) is 0. The number of nitrogen functional groups attached to an aromatic ring is 1. The molecule has 0 atom stereocenters. The van der Waals surface area contributed by atoms with Crippen molar-refractivity contribution >= 4 is 39.5 Å². The number of carbonyl (C=O) groups excluding carboxylic acids is 1. The van der Waals surface area contributed by atoms with E-state index in [4.69, 9.17) is 5.73 Å². The Hall–Kier alpha value is -1.67. The fraction of sp³-hybridized carbons (Fsp3) is 0.462. The van der Waals surface area contributed by atoms with Crippen molar-refractivity contribution in [2.75, 3.05) is 24.1 Å². The first-order valence-corrected chi connectivity index (χ1v) is 8.47. The molecule has 0 radical (unpaired) electrons. The number of nitrogens with one attached hydrogen (secondary N) is 2. The second-order valence-corrected chi connectivity index (χ2v) is 6.71. The quantitative estimate of drug-likeness (QED) is 0.726. The van der Waals surface area contributed by atoms with Gasteiger partial charge in [-0.05, 0) is 5.92 Å². The van der Waals surface area contributed by atoms with Crippen LogP contribution in [-0.4, -0.2) is 29.0 Å². The minimum absolute atomic E-state index is 0.183. The van der Waals surface area contributed by atoms with E-state index in [1.165, 1.54) is 11.3 Å². The summed E-state index contributed by atoms with van der Waals surface area (Å²) in [5, 5.41) is 8.68. The minimum atomic E-state index is -0.183. The molecule has 2 aromatic rings. The van der Waals surface area contributed by atoms with E-state index in [1.54, 1.807) is 16.8 Å². The van der Waals surface area contributed by atoms with E-state index in [0.29, 0.717) is 28.9 Å². The highest BCUT2D eigenvalue weighted by Crippen LogP contribution is 2.24. The maximum absolute atomic E-state index is 12.1. The molecular formula is C13H19N5OS2. The first kappa shape index (κ1) is 15.7. The van der Waals surface area contributed by atoms with Crippen molar-refractivity contribution in [3.63, 3.8) is 0 Å². The van der Waals surface area contributed by atoms with Crippen molar-refractivity contribution < 1.29 is 4.79 Å². The van der Waals surface area contributed by atoms with E-state index in [0.717, 1.165) is 12.2 Å². The van der Waals surface area contributed by atoms with Crippen LogP contribution in [0.1, 0.15) is 29.2 Å². The van der Waals surface area contributed by atoms with E-state index >= 15 is 0 Å². The molecule has 2 heterocycles. The number of rotatable bonds is 7. The maximum atomic E-state index is 12.1. The van der Waals surface area contributed by atoms with Gasteiger partial charge in [0.15, 0.2) is 5.13 Å². The molecule has 1 amide bonds. The van der Waals surface area contributed by atoms with Gasteiger partial charge in [-0.3, -0.25) is 4.79 Å². The number of amides is 1. The van der Waals surface area contributed by atoms with Crippen LogP contribution in [0.3, 0.4) is 0 Å². The summed E-state index contributed by atoms with van der Waals surface area (Å²) in [7, 11) is 0. The van der Waals surface area contributed by atoms with Gasteiger partial charge in [0.25, 0.3) is 5.91 Å². The highest BCUT2D eigenvalue weighted by atomic mass is 32.1. The van der Waals surface area contributed by atoms with E-state index < -0.39 is 0 Å². The molecule has 8 heteroatoms. The summed E-state index contributed by atoms with van der Waals surface area (Å²) >= 11 is 2.83. The summed E-state index contributed by atoms with van der Waals surface area (Å²) in [6.45, 7) is 5.55. The third-order valence-electron chi connectivity index (χ3n) is 2.67. The fourth-order valence-corrected chi connectivity index (χ4v) is 3.01. The SMILES string of the molecule is CC(C)CNc1nc(N)c(C(=O)NCCc2cscn2)s1. The van der Waals surface area contributed by atoms with Gasteiger partial charge in [0, 0.05) is 24.9 Å². The van der Waals surface area contributed by atoms with Gasteiger partial charge < -0.3 is 16.4 Å².